The van der Waals surface area contributed by atoms with Gasteiger partial charge in [-0.25, -0.2) is 14.8 Å². The molecule has 0 saturated carbocycles. The van der Waals surface area contributed by atoms with Crippen molar-refractivity contribution in [1.29, 1.82) is 0 Å². The van der Waals surface area contributed by atoms with Crippen molar-refractivity contribution in [2.75, 3.05) is 37.0 Å². The number of hydrogen-bond acceptors (Lipinski definition) is 10. The van der Waals surface area contributed by atoms with E-state index in [1.54, 1.807) is 37.0 Å². The van der Waals surface area contributed by atoms with E-state index < -0.39 is 11.4 Å². The van der Waals surface area contributed by atoms with Gasteiger partial charge in [0, 0.05) is 50.2 Å². The van der Waals surface area contributed by atoms with Crippen LogP contribution in [0.2, 0.25) is 0 Å². The van der Waals surface area contributed by atoms with E-state index in [-0.39, 0.29) is 28.4 Å². The maximum Gasteiger partial charge on any atom is 0.341 e. The predicted octanol–water partition coefficient (Wildman–Crippen LogP) is 1.16. The fourth-order valence-electron chi connectivity index (χ4n) is 4.01. The minimum atomic E-state index is -1.33. The van der Waals surface area contributed by atoms with E-state index in [0.717, 1.165) is 11.5 Å². The Balaban J connectivity index is 1.38. The maximum absolute atomic E-state index is 12.9. The maximum atomic E-state index is 12.9. The van der Waals surface area contributed by atoms with E-state index in [9.17, 15) is 19.5 Å². The number of carboxylic acids is 1. The number of anilines is 2. The number of carbonyl (C=O) groups is 2. The van der Waals surface area contributed by atoms with Crippen LogP contribution in [0.3, 0.4) is 0 Å². The quantitative estimate of drug-likeness (QED) is 0.352. The fraction of sp³-hybridized carbons (Fsp3) is 0.318. The number of carboxylic acid groups (broad SMARTS) is 1. The number of fused-ring (bicyclic) bond motifs is 1. The summed E-state index contributed by atoms with van der Waals surface area (Å²) in [5.74, 6) is -0.675. The first kappa shape index (κ1) is 23.6. The van der Waals surface area contributed by atoms with Gasteiger partial charge in [-0.15, -0.1) is 0 Å². The monoisotopic (exact) mass is 510 g/mol. The lowest BCUT2D eigenvalue weighted by atomic mass is 9.98. The first-order chi connectivity index (χ1) is 17.4. The van der Waals surface area contributed by atoms with Crippen molar-refractivity contribution in [2.24, 2.45) is 5.92 Å². The second kappa shape index (κ2) is 9.47. The molecule has 1 aliphatic heterocycles. The average Bonchev–Trinajstić information content (AvgIpc) is 3.49. The molecule has 1 saturated heterocycles. The van der Waals surface area contributed by atoms with Gasteiger partial charge in [0.15, 0.2) is 11.5 Å². The molecule has 1 amide bonds. The summed E-state index contributed by atoms with van der Waals surface area (Å²) in [5, 5.41) is 17.3. The van der Waals surface area contributed by atoms with Crippen LogP contribution < -0.4 is 15.6 Å². The van der Waals surface area contributed by atoms with Crippen LogP contribution in [0.5, 0.6) is 0 Å². The Morgan fingerprint density at radius 2 is 2.14 bits per heavy atom. The number of pyridine rings is 2. The number of rotatable bonds is 8. The SMILES string of the molecule is COCCn1ccc(NC(=O)C2CN(c3cc(C)c4c(=O)c(C(=O)O)cn(-c5ncns5)c4n3)C2)n1. The lowest BCUT2D eigenvalue weighted by molar-refractivity contribution is -0.120. The molecule has 5 heterocycles. The molecule has 0 radical (unpaired) electrons. The summed E-state index contributed by atoms with van der Waals surface area (Å²) in [5.41, 5.74) is -0.122. The van der Waals surface area contributed by atoms with Crippen LogP contribution in [-0.4, -0.2) is 72.5 Å². The Kier molecular flexibility index (Phi) is 6.20. The minimum Gasteiger partial charge on any atom is -0.477 e. The molecule has 13 nitrogen and oxygen atoms in total. The van der Waals surface area contributed by atoms with Crippen molar-refractivity contribution >= 4 is 46.1 Å². The highest BCUT2D eigenvalue weighted by atomic mass is 32.1. The molecule has 1 aliphatic rings. The molecule has 0 aliphatic carbocycles. The fourth-order valence-corrected chi connectivity index (χ4v) is 4.52. The summed E-state index contributed by atoms with van der Waals surface area (Å²) >= 11 is 1.05. The number of ether oxygens (including phenoxy) is 1. The largest absolute Gasteiger partial charge is 0.477 e. The second-order valence-corrected chi connectivity index (χ2v) is 9.07. The number of aromatic carboxylic acids is 1. The third-order valence-electron chi connectivity index (χ3n) is 5.92. The lowest BCUT2D eigenvalue weighted by Gasteiger charge is -2.39. The van der Waals surface area contributed by atoms with Crippen LogP contribution in [-0.2, 0) is 16.1 Å². The van der Waals surface area contributed by atoms with Crippen molar-refractivity contribution in [3.63, 3.8) is 0 Å². The molecule has 2 N–H and O–H groups in total. The molecule has 36 heavy (non-hydrogen) atoms. The molecule has 4 aromatic heterocycles. The van der Waals surface area contributed by atoms with E-state index in [2.05, 4.69) is 24.8 Å². The number of aryl methyl sites for hydroxylation is 1. The van der Waals surface area contributed by atoms with Gasteiger partial charge in [0.1, 0.15) is 17.7 Å². The van der Waals surface area contributed by atoms with Gasteiger partial charge < -0.3 is 20.1 Å². The zero-order valence-electron chi connectivity index (χ0n) is 19.4. The van der Waals surface area contributed by atoms with Gasteiger partial charge in [0.2, 0.25) is 16.5 Å². The van der Waals surface area contributed by atoms with Crippen molar-refractivity contribution in [3.8, 4) is 5.13 Å². The van der Waals surface area contributed by atoms with Crippen LogP contribution in [0.25, 0.3) is 16.2 Å². The first-order valence-electron chi connectivity index (χ1n) is 11.0. The van der Waals surface area contributed by atoms with Crippen LogP contribution in [0.1, 0.15) is 15.9 Å². The zero-order chi connectivity index (χ0) is 25.4. The number of amides is 1. The standard InChI is InChI=1S/C22H22N8O5S/c1-12-7-16(28-8-13(9-28)20(32)25-15-3-4-29(27-15)5-6-35-2)26-19-17(12)18(31)14(21(33)34)10-30(19)22-23-11-24-36-22/h3-4,7,10-11,13H,5-6,8-9H2,1-2H3,(H,33,34)(H,25,27,32). The van der Waals surface area contributed by atoms with Crippen LogP contribution in [0, 0.1) is 12.8 Å². The molecule has 4 aromatic rings. The summed E-state index contributed by atoms with van der Waals surface area (Å²) < 4.78 is 12.2. The summed E-state index contributed by atoms with van der Waals surface area (Å²) in [7, 11) is 1.61. The number of carbonyl (C=O) groups excluding carboxylic acids is 1. The van der Waals surface area contributed by atoms with Crippen LogP contribution in [0.4, 0.5) is 11.6 Å². The van der Waals surface area contributed by atoms with Gasteiger partial charge >= 0.3 is 5.97 Å². The predicted molar refractivity (Wildman–Crippen MR) is 131 cm³/mol. The molecule has 5 rings (SSSR count). The van der Waals surface area contributed by atoms with Gasteiger partial charge in [-0.2, -0.15) is 9.47 Å². The molecule has 14 heteroatoms. The Labute approximate surface area is 208 Å². The Bertz CT molecular complexity index is 1510. The van der Waals surface area contributed by atoms with E-state index in [1.807, 2.05) is 4.90 Å². The second-order valence-electron chi connectivity index (χ2n) is 8.31. The summed E-state index contributed by atoms with van der Waals surface area (Å²) in [6.45, 7) is 3.71. The number of aromatic nitrogens is 6. The van der Waals surface area contributed by atoms with Gasteiger partial charge in [0.25, 0.3) is 0 Å². The highest BCUT2D eigenvalue weighted by Gasteiger charge is 2.34. The molecule has 0 unspecified atom stereocenters. The van der Waals surface area contributed by atoms with Gasteiger partial charge in [0.05, 0.1) is 24.5 Å². The van der Waals surface area contributed by atoms with Crippen LogP contribution >= 0.6 is 11.5 Å². The van der Waals surface area contributed by atoms with Crippen molar-refractivity contribution in [2.45, 2.75) is 13.5 Å². The Hall–Kier alpha value is -4.17. The smallest absolute Gasteiger partial charge is 0.341 e. The molecule has 0 spiro atoms. The van der Waals surface area contributed by atoms with Gasteiger partial charge in [-0.3, -0.25) is 18.8 Å². The molecule has 1 fully saturated rings. The molecule has 0 atom stereocenters. The third kappa shape index (κ3) is 4.31. The molecular weight excluding hydrogens is 488 g/mol. The van der Waals surface area contributed by atoms with E-state index in [1.165, 1.54) is 17.1 Å². The lowest BCUT2D eigenvalue weighted by Crippen LogP contribution is -2.52. The summed E-state index contributed by atoms with van der Waals surface area (Å²) in [4.78, 5) is 48.0. The molecular formula is C22H22N8O5S. The Morgan fingerprint density at radius 1 is 1.33 bits per heavy atom. The van der Waals surface area contributed by atoms with E-state index >= 15 is 0 Å². The normalized spacial score (nSPS) is 13.7. The zero-order valence-corrected chi connectivity index (χ0v) is 20.2. The molecule has 0 aromatic carbocycles. The summed E-state index contributed by atoms with van der Waals surface area (Å²) in [6.07, 6.45) is 4.35. The highest BCUT2D eigenvalue weighted by molar-refractivity contribution is 7.08. The highest BCUT2D eigenvalue weighted by Crippen LogP contribution is 2.28. The number of nitrogens with zero attached hydrogens (tertiary/aromatic N) is 7. The topological polar surface area (TPSA) is 157 Å². The van der Waals surface area contributed by atoms with Crippen molar-refractivity contribution < 1.29 is 19.4 Å². The van der Waals surface area contributed by atoms with Crippen LogP contribution in [0.15, 0.2) is 35.6 Å². The minimum absolute atomic E-state index is 0.141. The number of hydrogen-bond donors (Lipinski definition) is 2. The van der Waals surface area contributed by atoms with Crippen molar-refractivity contribution in [3.05, 3.63) is 52.2 Å². The van der Waals surface area contributed by atoms with Crippen molar-refractivity contribution in [1.82, 2.24) is 28.7 Å². The van der Waals surface area contributed by atoms with Gasteiger partial charge in [-0.1, -0.05) is 0 Å². The number of nitrogens with one attached hydrogen (secondary N) is 1. The average molecular weight is 511 g/mol. The number of methoxy groups -OCH3 is 1. The Morgan fingerprint density at radius 3 is 2.83 bits per heavy atom. The molecule has 186 valence electrons. The molecule has 0 bridgehead atoms. The van der Waals surface area contributed by atoms with Gasteiger partial charge in [-0.05, 0) is 18.6 Å². The summed E-state index contributed by atoms with van der Waals surface area (Å²) in [6, 6.07) is 3.46. The third-order valence-corrected chi connectivity index (χ3v) is 6.59. The van der Waals surface area contributed by atoms with E-state index in [4.69, 9.17) is 4.74 Å². The van der Waals surface area contributed by atoms with E-state index in [0.29, 0.717) is 48.6 Å². The first-order valence-corrected chi connectivity index (χ1v) is 11.8.